The van der Waals surface area contributed by atoms with Crippen molar-refractivity contribution in [2.45, 2.75) is 25.0 Å². The van der Waals surface area contributed by atoms with Gasteiger partial charge in [-0.3, -0.25) is 4.68 Å². The molecular weight excluding hydrogens is 166 g/mol. The lowest BCUT2D eigenvalue weighted by Gasteiger charge is -2.26. The van der Waals surface area contributed by atoms with E-state index in [0.29, 0.717) is 0 Å². The highest BCUT2D eigenvalue weighted by atomic mass is 16.5. The molecule has 0 aromatic carbocycles. The molecule has 2 atom stereocenters. The summed E-state index contributed by atoms with van der Waals surface area (Å²) in [6, 6.07) is 0.277. The minimum atomic E-state index is 0.150. The Balaban J connectivity index is 2.08. The van der Waals surface area contributed by atoms with Crippen LogP contribution in [0.15, 0.2) is 12.4 Å². The fourth-order valence-corrected chi connectivity index (χ4v) is 1.66. The maximum Gasteiger partial charge on any atom is 0.0870 e. The van der Waals surface area contributed by atoms with E-state index in [-0.39, 0.29) is 12.1 Å². The van der Waals surface area contributed by atoms with Gasteiger partial charge in [0.15, 0.2) is 0 Å². The van der Waals surface area contributed by atoms with Crippen LogP contribution < -0.4 is 5.73 Å². The van der Waals surface area contributed by atoms with E-state index < -0.39 is 0 Å². The van der Waals surface area contributed by atoms with E-state index in [0.717, 1.165) is 25.0 Å². The molecule has 0 unspecified atom stereocenters. The molecule has 2 N–H and O–H groups in total. The van der Waals surface area contributed by atoms with Gasteiger partial charge in [0.1, 0.15) is 0 Å². The summed E-state index contributed by atoms with van der Waals surface area (Å²) in [6.07, 6.45) is 5.87. The second-order valence-corrected chi connectivity index (χ2v) is 3.59. The van der Waals surface area contributed by atoms with Gasteiger partial charge in [-0.2, -0.15) is 5.10 Å². The molecule has 0 saturated carbocycles. The highest BCUT2D eigenvalue weighted by Gasteiger charge is 2.22. The number of aromatic nitrogens is 2. The summed E-state index contributed by atoms with van der Waals surface area (Å²) in [7, 11) is 1.91. The first kappa shape index (κ1) is 8.72. The van der Waals surface area contributed by atoms with Crippen molar-refractivity contribution < 1.29 is 4.74 Å². The molecule has 1 aliphatic rings. The highest BCUT2D eigenvalue weighted by Crippen LogP contribution is 2.26. The van der Waals surface area contributed by atoms with Gasteiger partial charge in [0.25, 0.3) is 0 Å². The number of nitrogens with two attached hydrogens (primary N) is 1. The first-order chi connectivity index (χ1) is 6.25. The standard InChI is InChI=1S/C9H15N3O/c1-12-6-7(5-11-12)9-4-8(10)2-3-13-9/h5-6,8-9H,2-4,10H2,1H3/t8-,9-/m1/s1. The molecule has 13 heavy (non-hydrogen) atoms. The predicted octanol–water partition coefficient (Wildman–Crippen LogP) is 0.599. The average Bonchev–Trinajstić information content (AvgIpc) is 2.52. The molecule has 1 aromatic heterocycles. The van der Waals surface area contributed by atoms with E-state index in [1.165, 1.54) is 0 Å². The lowest BCUT2D eigenvalue weighted by atomic mass is 10.0. The molecule has 2 heterocycles. The maximum atomic E-state index is 5.86. The topological polar surface area (TPSA) is 53.1 Å². The van der Waals surface area contributed by atoms with E-state index in [9.17, 15) is 0 Å². The van der Waals surface area contributed by atoms with Crippen molar-refractivity contribution >= 4 is 0 Å². The van der Waals surface area contributed by atoms with E-state index >= 15 is 0 Å². The summed E-state index contributed by atoms with van der Waals surface area (Å²) >= 11 is 0. The van der Waals surface area contributed by atoms with Gasteiger partial charge in [0, 0.05) is 31.5 Å². The van der Waals surface area contributed by atoms with Gasteiger partial charge in [0.05, 0.1) is 12.3 Å². The minimum Gasteiger partial charge on any atom is -0.373 e. The molecule has 0 spiro atoms. The van der Waals surface area contributed by atoms with Crippen molar-refractivity contribution in [2.24, 2.45) is 12.8 Å². The van der Waals surface area contributed by atoms with Gasteiger partial charge >= 0.3 is 0 Å². The van der Waals surface area contributed by atoms with Gasteiger partial charge < -0.3 is 10.5 Å². The maximum absolute atomic E-state index is 5.86. The van der Waals surface area contributed by atoms with Gasteiger partial charge in [0.2, 0.25) is 0 Å². The lowest BCUT2D eigenvalue weighted by molar-refractivity contribution is 0.00664. The number of aryl methyl sites for hydroxylation is 1. The van der Waals surface area contributed by atoms with Gasteiger partial charge in [-0.15, -0.1) is 0 Å². The predicted molar refractivity (Wildman–Crippen MR) is 49.1 cm³/mol. The van der Waals surface area contributed by atoms with Crippen molar-refractivity contribution in [3.8, 4) is 0 Å². The quantitative estimate of drug-likeness (QED) is 0.690. The van der Waals surface area contributed by atoms with Crippen LogP contribution in [0.3, 0.4) is 0 Å². The van der Waals surface area contributed by atoms with E-state index in [1.807, 2.05) is 19.4 Å². The molecule has 4 heteroatoms. The smallest absolute Gasteiger partial charge is 0.0870 e. The number of nitrogens with zero attached hydrogens (tertiary/aromatic N) is 2. The summed E-state index contributed by atoms with van der Waals surface area (Å²) in [5.41, 5.74) is 7.00. The molecule has 0 radical (unpaired) electrons. The van der Waals surface area contributed by atoms with Crippen LogP contribution in [0, 0.1) is 0 Å². The zero-order chi connectivity index (χ0) is 9.26. The van der Waals surface area contributed by atoms with E-state index in [2.05, 4.69) is 5.10 Å². The Kier molecular flexibility index (Phi) is 2.33. The fraction of sp³-hybridized carbons (Fsp3) is 0.667. The van der Waals surface area contributed by atoms with Crippen molar-refractivity contribution in [1.29, 1.82) is 0 Å². The molecule has 1 saturated heterocycles. The summed E-state index contributed by atoms with van der Waals surface area (Å²) in [5.74, 6) is 0. The monoisotopic (exact) mass is 181 g/mol. The first-order valence-corrected chi connectivity index (χ1v) is 4.61. The molecule has 1 aromatic rings. The number of hydrogen-bond donors (Lipinski definition) is 1. The van der Waals surface area contributed by atoms with E-state index in [1.54, 1.807) is 4.68 Å². The van der Waals surface area contributed by atoms with Gasteiger partial charge in [-0.05, 0) is 12.8 Å². The molecule has 0 amide bonds. The largest absolute Gasteiger partial charge is 0.373 e. The van der Waals surface area contributed by atoms with Gasteiger partial charge in [-0.25, -0.2) is 0 Å². The highest BCUT2D eigenvalue weighted by molar-refractivity contribution is 5.09. The van der Waals surface area contributed by atoms with Crippen molar-refractivity contribution in [3.05, 3.63) is 18.0 Å². The zero-order valence-electron chi connectivity index (χ0n) is 7.81. The number of ether oxygens (including phenoxy) is 1. The Hall–Kier alpha value is -0.870. The molecule has 72 valence electrons. The van der Waals surface area contributed by atoms with Crippen LogP contribution in [0.1, 0.15) is 24.5 Å². The van der Waals surface area contributed by atoms with Crippen LogP contribution >= 0.6 is 0 Å². The number of rotatable bonds is 1. The van der Waals surface area contributed by atoms with Gasteiger partial charge in [-0.1, -0.05) is 0 Å². The summed E-state index contributed by atoms with van der Waals surface area (Å²) in [6.45, 7) is 0.765. The molecule has 1 aliphatic heterocycles. The fourth-order valence-electron chi connectivity index (χ4n) is 1.66. The first-order valence-electron chi connectivity index (χ1n) is 4.61. The average molecular weight is 181 g/mol. The normalized spacial score (nSPS) is 29.1. The third-order valence-corrected chi connectivity index (χ3v) is 2.42. The molecule has 1 fully saturated rings. The van der Waals surface area contributed by atoms with Crippen LogP contribution in [0.5, 0.6) is 0 Å². The Morgan fingerprint density at radius 3 is 3.15 bits per heavy atom. The lowest BCUT2D eigenvalue weighted by Crippen LogP contribution is -2.30. The molecule has 4 nitrogen and oxygen atoms in total. The van der Waals surface area contributed by atoms with Crippen molar-refractivity contribution in [2.75, 3.05) is 6.61 Å². The molecule has 0 bridgehead atoms. The Morgan fingerprint density at radius 2 is 2.54 bits per heavy atom. The zero-order valence-corrected chi connectivity index (χ0v) is 7.81. The summed E-state index contributed by atoms with van der Waals surface area (Å²) in [4.78, 5) is 0. The van der Waals surface area contributed by atoms with Crippen LogP contribution in [0.4, 0.5) is 0 Å². The molecular formula is C9H15N3O. The van der Waals surface area contributed by atoms with Crippen LogP contribution in [0.25, 0.3) is 0 Å². The third kappa shape index (κ3) is 1.89. The number of hydrogen-bond acceptors (Lipinski definition) is 3. The third-order valence-electron chi connectivity index (χ3n) is 2.42. The van der Waals surface area contributed by atoms with Crippen LogP contribution in [0.2, 0.25) is 0 Å². The van der Waals surface area contributed by atoms with Crippen LogP contribution in [-0.2, 0) is 11.8 Å². The summed E-state index contributed by atoms with van der Waals surface area (Å²) in [5, 5.41) is 4.11. The van der Waals surface area contributed by atoms with Crippen LogP contribution in [-0.4, -0.2) is 22.4 Å². The van der Waals surface area contributed by atoms with E-state index in [4.69, 9.17) is 10.5 Å². The minimum absolute atomic E-state index is 0.150. The Bertz CT molecular complexity index is 284. The second kappa shape index (κ2) is 3.47. The Morgan fingerprint density at radius 1 is 1.69 bits per heavy atom. The second-order valence-electron chi connectivity index (χ2n) is 3.59. The van der Waals surface area contributed by atoms with Crippen molar-refractivity contribution in [3.63, 3.8) is 0 Å². The molecule has 0 aliphatic carbocycles. The Labute approximate surface area is 77.7 Å². The van der Waals surface area contributed by atoms with Crippen molar-refractivity contribution in [1.82, 2.24) is 9.78 Å². The SMILES string of the molecule is Cn1cc([C@H]2C[C@H](N)CCO2)cn1. The molecule has 2 rings (SSSR count). The summed E-state index contributed by atoms with van der Waals surface area (Å²) < 4.78 is 7.40.